The highest BCUT2D eigenvalue weighted by Crippen LogP contribution is 2.22. The average Bonchev–Trinajstić information content (AvgIpc) is 2.88. The largest absolute Gasteiger partial charge is 0.388 e. The summed E-state index contributed by atoms with van der Waals surface area (Å²) in [5.74, 6) is 0. The van der Waals surface area contributed by atoms with Crippen molar-refractivity contribution in [2.24, 2.45) is 4.99 Å². The lowest BCUT2D eigenvalue weighted by Crippen LogP contribution is -1.93. The van der Waals surface area contributed by atoms with Gasteiger partial charge in [-0.05, 0) is 67.4 Å². The van der Waals surface area contributed by atoms with Crippen LogP contribution in [-0.4, -0.2) is 39.2 Å². The zero-order valence-corrected chi connectivity index (χ0v) is 19.6. The van der Waals surface area contributed by atoms with Gasteiger partial charge in [-0.2, -0.15) is 5.26 Å². The lowest BCUT2D eigenvalue weighted by Gasteiger charge is -2.01. The SMILES string of the molecule is C=Nc1ccccc1NC.CNc1ccc(C#N)cc1.CNc1ccc(S(=O)OC)cc1. The number of aliphatic imine (C=N–C) groups is 1. The summed E-state index contributed by atoms with van der Waals surface area (Å²) >= 11 is -1.33. The van der Waals surface area contributed by atoms with Gasteiger partial charge in [-0.3, -0.25) is 9.18 Å². The Bertz CT molecular complexity index is 1020. The van der Waals surface area contributed by atoms with Crippen LogP contribution < -0.4 is 16.0 Å². The smallest absolute Gasteiger partial charge is 0.188 e. The zero-order valence-electron chi connectivity index (χ0n) is 18.8. The van der Waals surface area contributed by atoms with Gasteiger partial charge in [0, 0.05) is 32.5 Å². The van der Waals surface area contributed by atoms with Gasteiger partial charge in [0.1, 0.15) is 0 Å². The molecule has 0 heterocycles. The molecule has 7 nitrogen and oxygen atoms in total. The van der Waals surface area contributed by atoms with E-state index in [1.54, 1.807) is 24.3 Å². The van der Waals surface area contributed by atoms with Crippen molar-refractivity contribution in [3.8, 4) is 6.07 Å². The van der Waals surface area contributed by atoms with E-state index in [9.17, 15) is 4.21 Å². The minimum Gasteiger partial charge on any atom is -0.388 e. The summed E-state index contributed by atoms with van der Waals surface area (Å²) in [7, 11) is 6.97. The normalized spacial score (nSPS) is 10.1. The maximum atomic E-state index is 11.1. The summed E-state index contributed by atoms with van der Waals surface area (Å²) in [6.45, 7) is 3.45. The summed E-state index contributed by atoms with van der Waals surface area (Å²) in [6.07, 6.45) is 0. The minimum atomic E-state index is -1.33. The maximum Gasteiger partial charge on any atom is 0.188 e. The molecular formula is C24H29N5O2S. The van der Waals surface area contributed by atoms with Crippen LogP contribution in [0.4, 0.5) is 22.7 Å². The Morgan fingerprint density at radius 1 is 0.875 bits per heavy atom. The number of rotatable bonds is 6. The van der Waals surface area contributed by atoms with Crippen LogP contribution in [0.3, 0.4) is 0 Å². The van der Waals surface area contributed by atoms with Crippen molar-refractivity contribution < 1.29 is 8.39 Å². The summed E-state index contributed by atoms with van der Waals surface area (Å²) < 4.78 is 15.7. The Morgan fingerprint density at radius 2 is 1.41 bits per heavy atom. The molecule has 1 atom stereocenters. The van der Waals surface area contributed by atoms with Gasteiger partial charge in [0.25, 0.3) is 0 Å². The first-order valence-electron chi connectivity index (χ1n) is 9.68. The molecule has 0 saturated carbocycles. The predicted octanol–water partition coefficient (Wildman–Crippen LogP) is 5.06. The highest BCUT2D eigenvalue weighted by atomic mass is 32.2. The van der Waals surface area contributed by atoms with Crippen molar-refractivity contribution >= 4 is 40.5 Å². The van der Waals surface area contributed by atoms with E-state index in [4.69, 9.17) is 5.26 Å². The van der Waals surface area contributed by atoms with Crippen LogP contribution in [0, 0.1) is 11.3 Å². The van der Waals surface area contributed by atoms with E-state index >= 15 is 0 Å². The van der Waals surface area contributed by atoms with E-state index in [0.29, 0.717) is 10.5 Å². The molecule has 0 radical (unpaired) electrons. The van der Waals surface area contributed by atoms with Gasteiger partial charge in [-0.1, -0.05) is 12.1 Å². The van der Waals surface area contributed by atoms with Gasteiger partial charge in [0.05, 0.1) is 35.0 Å². The quantitative estimate of drug-likeness (QED) is 0.453. The Kier molecular flexibility index (Phi) is 12.5. The zero-order chi connectivity index (χ0) is 23.8. The van der Waals surface area contributed by atoms with Crippen LogP contribution in [0.25, 0.3) is 0 Å². The summed E-state index contributed by atoms with van der Waals surface area (Å²) in [5, 5.41) is 17.4. The second kappa shape index (κ2) is 15.2. The molecule has 0 aromatic heterocycles. The number of benzene rings is 3. The first-order chi connectivity index (χ1) is 15.5. The van der Waals surface area contributed by atoms with E-state index in [0.717, 1.165) is 22.7 Å². The third kappa shape index (κ3) is 9.00. The Labute approximate surface area is 192 Å². The maximum absolute atomic E-state index is 11.1. The third-order valence-corrected chi connectivity index (χ3v) is 5.09. The molecular weight excluding hydrogens is 422 g/mol. The summed E-state index contributed by atoms with van der Waals surface area (Å²) in [4.78, 5) is 4.51. The molecule has 3 N–H and O–H groups in total. The minimum absolute atomic E-state index is 0.677. The number of nitrogens with one attached hydrogen (secondary N) is 3. The number of para-hydroxylation sites is 2. The van der Waals surface area contributed by atoms with E-state index in [-0.39, 0.29) is 0 Å². The molecule has 0 amide bonds. The second-order valence-corrected chi connectivity index (χ2v) is 7.31. The number of nitriles is 1. The molecule has 0 spiro atoms. The number of hydrogen-bond donors (Lipinski definition) is 3. The van der Waals surface area contributed by atoms with E-state index in [1.165, 1.54) is 7.11 Å². The Morgan fingerprint density at radius 3 is 1.81 bits per heavy atom. The third-order valence-electron chi connectivity index (χ3n) is 4.13. The highest BCUT2D eigenvalue weighted by molar-refractivity contribution is 7.80. The molecule has 3 aromatic rings. The van der Waals surface area contributed by atoms with Gasteiger partial charge in [-0.25, -0.2) is 4.21 Å². The number of nitrogens with zero attached hydrogens (tertiary/aromatic N) is 2. The highest BCUT2D eigenvalue weighted by Gasteiger charge is 2.00. The molecule has 1 unspecified atom stereocenters. The fraction of sp³-hybridized carbons (Fsp3) is 0.167. The first kappa shape index (κ1) is 26.4. The first-order valence-corrected chi connectivity index (χ1v) is 10.8. The Hall–Kier alpha value is -3.67. The van der Waals surface area contributed by atoms with Gasteiger partial charge < -0.3 is 16.0 Å². The van der Waals surface area contributed by atoms with Crippen LogP contribution in [0.1, 0.15) is 5.56 Å². The predicted molar refractivity (Wildman–Crippen MR) is 135 cm³/mol. The van der Waals surface area contributed by atoms with Crippen molar-refractivity contribution in [2.45, 2.75) is 4.90 Å². The Balaban J connectivity index is 0.000000241. The van der Waals surface area contributed by atoms with Crippen LogP contribution >= 0.6 is 0 Å². The van der Waals surface area contributed by atoms with E-state index < -0.39 is 11.1 Å². The van der Waals surface area contributed by atoms with E-state index in [2.05, 4.69) is 37.9 Å². The number of hydrogen-bond acceptors (Lipinski definition) is 7. The fourth-order valence-electron chi connectivity index (χ4n) is 2.36. The molecule has 168 valence electrons. The van der Waals surface area contributed by atoms with Crippen molar-refractivity contribution in [3.05, 3.63) is 78.4 Å². The van der Waals surface area contributed by atoms with Gasteiger partial charge in [0.15, 0.2) is 11.1 Å². The van der Waals surface area contributed by atoms with E-state index in [1.807, 2.05) is 69.7 Å². The summed E-state index contributed by atoms with van der Waals surface area (Å²) in [5.41, 5.74) is 4.62. The topological polar surface area (TPSA) is 98.5 Å². The molecule has 32 heavy (non-hydrogen) atoms. The molecule has 0 fully saturated rings. The van der Waals surface area contributed by atoms with Gasteiger partial charge in [-0.15, -0.1) is 0 Å². The molecule has 0 saturated heterocycles. The van der Waals surface area contributed by atoms with Crippen LogP contribution in [-0.2, 0) is 15.3 Å². The molecule has 0 aliphatic rings. The second-order valence-electron chi connectivity index (χ2n) is 6.04. The lowest BCUT2D eigenvalue weighted by molar-refractivity contribution is 0.446. The monoisotopic (exact) mass is 451 g/mol. The fourth-order valence-corrected chi connectivity index (χ4v) is 2.91. The van der Waals surface area contributed by atoms with Gasteiger partial charge >= 0.3 is 0 Å². The summed E-state index contributed by atoms with van der Waals surface area (Å²) in [6, 6.07) is 24.4. The molecule has 8 heteroatoms. The lowest BCUT2D eigenvalue weighted by atomic mass is 10.2. The van der Waals surface area contributed by atoms with Crippen molar-refractivity contribution in [1.29, 1.82) is 5.26 Å². The van der Waals surface area contributed by atoms with Gasteiger partial charge in [0.2, 0.25) is 0 Å². The average molecular weight is 452 g/mol. The molecule has 3 rings (SSSR count). The molecule has 0 aliphatic heterocycles. The van der Waals surface area contributed by atoms with Crippen molar-refractivity contribution in [1.82, 2.24) is 0 Å². The van der Waals surface area contributed by atoms with Crippen molar-refractivity contribution in [2.75, 3.05) is 44.2 Å². The molecule has 0 bridgehead atoms. The standard InChI is InChI=1S/C8H10N2.C8H8N2.C8H11NO2S/c1-9-7-5-3-4-6-8(7)10-2;1-10-8-4-2-7(6-9)3-5-8;1-9-7-3-5-8(6-4-7)12(10)11-2/h3-6,10H,1H2,2H3;2-5,10H,1H3;3-6,9H,1-2H3. The molecule has 0 aliphatic carbocycles. The van der Waals surface area contributed by atoms with Crippen LogP contribution in [0.2, 0.25) is 0 Å². The van der Waals surface area contributed by atoms with Crippen molar-refractivity contribution in [3.63, 3.8) is 0 Å². The van der Waals surface area contributed by atoms with Crippen LogP contribution in [0.5, 0.6) is 0 Å². The molecule has 3 aromatic carbocycles. The van der Waals surface area contributed by atoms with Crippen LogP contribution in [0.15, 0.2) is 82.7 Å². The number of anilines is 3.